The van der Waals surface area contributed by atoms with Crippen molar-refractivity contribution in [3.05, 3.63) is 93.5 Å². The third kappa shape index (κ3) is 7.32. The van der Waals surface area contributed by atoms with Crippen LogP contribution in [0.5, 0.6) is 0 Å². The standard InChI is InChI=1S/C29H33Cl2N3O4S/c1-5-26(29(36)32-6-2)33(18-22-14-15-24(30)25(31)17-22)28(35)19-34(27-16-20(3)12-13-21(27)4)39(37,38)23-10-8-7-9-11-23/h7-17,26H,5-6,18-19H2,1-4H3,(H,32,36)/t26-/m0/s1. The van der Waals surface area contributed by atoms with Gasteiger partial charge in [0.2, 0.25) is 11.8 Å². The average molecular weight is 591 g/mol. The predicted molar refractivity (Wildman–Crippen MR) is 157 cm³/mol. The molecule has 0 fully saturated rings. The second-order valence-electron chi connectivity index (χ2n) is 9.20. The summed E-state index contributed by atoms with van der Waals surface area (Å²) in [6.45, 7) is 7.18. The fourth-order valence-corrected chi connectivity index (χ4v) is 6.08. The quantitative estimate of drug-likeness (QED) is 0.308. The van der Waals surface area contributed by atoms with Crippen molar-refractivity contribution in [2.75, 3.05) is 17.4 Å². The molecule has 10 heteroatoms. The summed E-state index contributed by atoms with van der Waals surface area (Å²) in [5.74, 6) is -0.850. The molecule has 0 radical (unpaired) electrons. The zero-order chi connectivity index (χ0) is 28.7. The molecule has 3 aromatic rings. The lowest BCUT2D eigenvalue weighted by molar-refractivity contribution is -0.140. The average Bonchev–Trinajstić information content (AvgIpc) is 2.91. The van der Waals surface area contributed by atoms with Crippen molar-refractivity contribution in [3.8, 4) is 0 Å². The van der Waals surface area contributed by atoms with Crippen molar-refractivity contribution in [3.63, 3.8) is 0 Å². The molecule has 0 aliphatic carbocycles. The number of amides is 2. The second kappa shape index (κ2) is 13.3. The number of halogens is 2. The number of carbonyl (C=O) groups excluding carboxylic acids is 2. The summed E-state index contributed by atoms with van der Waals surface area (Å²) in [5.41, 5.74) is 2.59. The van der Waals surface area contributed by atoms with Crippen LogP contribution in [0.4, 0.5) is 5.69 Å². The van der Waals surface area contributed by atoms with E-state index in [9.17, 15) is 18.0 Å². The summed E-state index contributed by atoms with van der Waals surface area (Å²) >= 11 is 12.3. The molecule has 0 aliphatic heterocycles. The van der Waals surface area contributed by atoms with Crippen molar-refractivity contribution in [1.29, 1.82) is 0 Å². The van der Waals surface area contributed by atoms with Crippen LogP contribution in [0, 0.1) is 13.8 Å². The highest BCUT2D eigenvalue weighted by atomic mass is 35.5. The smallest absolute Gasteiger partial charge is 0.264 e. The minimum absolute atomic E-state index is 0.0391. The number of sulfonamides is 1. The number of likely N-dealkylation sites (N-methyl/N-ethyl adjacent to an activating group) is 1. The molecule has 1 N–H and O–H groups in total. The number of aryl methyl sites for hydroxylation is 2. The Kier molecular flexibility index (Phi) is 10.4. The molecule has 39 heavy (non-hydrogen) atoms. The van der Waals surface area contributed by atoms with E-state index in [-0.39, 0.29) is 17.3 Å². The normalized spacial score (nSPS) is 12.1. The molecule has 0 unspecified atom stereocenters. The van der Waals surface area contributed by atoms with E-state index in [1.54, 1.807) is 63.2 Å². The van der Waals surface area contributed by atoms with E-state index < -0.39 is 28.5 Å². The van der Waals surface area contributed by atoms with Crippen LogP contribution in [0.2, 0.25) is 10.0 Å². The first-order chi connectivity index (χ1) is 18.5. The third-order valence-corrected chi connectivity index (χ3v) is 8.83. The second-order valence-corrected chi connectivity index (χ2v) is 11.9. The van der Waals surface area contributed by atoms with Gasteiger partial charge in [-0.1, -0.05) is 66.5 Å². The first-order valence-electron chi connectivity index (χ1n) is 12.7. The fourth-order valence-electron chi connectivity index (χ4n) is 4.27. The Bertz CT molecular complexity index is 1430. The van der Waals surface area contributed by atoms with Crippen molar-refractivity contribution >= 4 is 50.7 Å². The molecule has 0 heterocycles. The SMILES string of the molecule is CCNC(=O)[C@H](CC)N(Cc1ccc(Cl)c(Cl)c1)C(=O)CN(c1cc(C)ccc1C)S(=O)(=O)c1ccccc1. The van der Waals surface area contributed by atoms with E-state index in [4.69, 9.17) is 23.2 Å². The molecule has 2 amide bonds. The van der Waals surface area contributed by atoms with Crippen LogP contribution in [0.25, 0.3) is 0 Å². The summed E-state index contributed by atoms with van der Waals surface area (Å²) in [5, 5.41) is 3.46. The molecule has 3 rings (SSSR count). The predicted octanol–water partition coefficient (Wildman–Crippen LogP) is 5.75. The third-order valence-electron chi connectivity index (χ3n) is 6.32. The van der Waals surface area contributed by atoms with Crippen LogP contribution >= 0.6 is 23.2 Å². The molecular weight excluding hydrogens is 557 g/mol. The monoisotopic (exact) mass is 589 g/mol. The number of anilines is 1. The van der Waals surface area contributed by atoms with Crippen molar-refractivity contribution in [2.45, 2.75) is 51.6 Å². The highest BCUT2D eigenvalue weighted by Crippen LogP contribution is 2.29. The van der Waals surface area contributed by atoms with Gasteiger partial charge < -0.3 is 10.2 Å². The van der Waals surface area contributed by atoms with E-state index in [0.29, 0.717) is 39.8 Å². The van der Waals surface area contributed by atoms with Gasteiger partial charge in [-0.2, -0.15) is 0 Å². The van der Waals surface area contributed by atoms with Crippen molar-refractivity contribution < 1.29 is 18.0 Å². The minimum Gasteiger partial charge on any atom is -0.355 e. The van der Waals surface area contributed by atoms with E-state index in [2.05, 4.69) is 5.32 Å². The zero-order valence-electron chi connectivity index (χ0n) is 22.4. The molecule has 3 aromatic carbocycles. The lowest BCUT2D eigenvalue weighted by Crippen LogP contribution is -2.52. The van der Waals surface area contributed by atoms with Crippen LogP contribution in [-0.2, 0) is 26.2 Å². The van der Waals surface area contributed by atoms with E-state index in [1.807, 2.05) is 19.1 Å². The molecule has 7 nitrogen and oxygen atoms in total. The van der Waals surface area contributed by atoms with Gasteiger partial charge in [-0.25, -0.2) is 8.42 Å². The van der Waals surface area contributed by atoms with Crippen molar-refractivity contribution in [1.82, 2.24) is 10.2 Å². The van der Waals surface area contributed by atoms with Gasteiger partial charge in [0, 0.05) is 13.1 Å². The lowest BCUT2D eigenvalue weighted by atomic mass is 10.1. The summed E-state index contributed by atoms with van der Waals surface area (Å²) in [4.78, 5) is 28.5. The Labute approximate surface area is 240 Å². The number of rotatable bonds is 11. The first-order valence-corrected chi connectivity index (χ1v) is 14.8. The molecule has 0 saturated carbocycles. The number of nitrogens with one attached hydrogen (secondary N) is 1. The minimum atomic E-state index is -4.12. The Morgan fingerprint density at radius 2 is 1.62 bits per heavy atom. The highest BCUT2D eigenvalue weighted by Gasteiger charge is 2.34. The van der Waals surface area contributed by atoms with Gasteiger partial charge >= 0.3 is 0 Å². The Morgan fingerprint density at radius 3 is 2.23 bits per heavy atom. The number of carbonyl (C=O) groups is 2. The maximum atomic E-state index is 14.0. The topological polar surface area (TPSA) is 86.8 Å². The van der Waals surface area contributed by atoms with Crippen molar-refractivity contribution in [2.24, 2.45) is 0 Å². The van der Waals surface area contributed by atoms with Crippen LogP contribution in [0.3, 0.4) is 0 Å². The van der Waals surface area contributed by atoms with E-state index >= 15 is 0 Å². The molecular formula is C29H33Cl2N3O4S. The number of hydrogen-bond donors (Lipinski definition) is 1. The molecule has 208 valence electrons. The lowest BCUT2D eigenvalue weighted by Gasteiger charge is -2.33. The van der Waals surface area contributed by atoms with Gasteiger partial charge in [-0.15, -0.1) is 0 Å². The van der Waals surface area contributed by atoms with Gasteiger partial charge in [0.25, 0.3) is 10.0 Å². The van der Waals surface area contributed by atoms with Crippen LogP contribution < -0.4 is 9.62 Å². The number of nitrogens with zero attached hydrogens (tertiary/aromatic N) is 2. The van der Waals surface area contributed by atoms with Gasteiger partial charge in [-0.3, -0.25) is 13.9 Å². The maximum Gasteiger partial charge on any atom is 0.264 e. The van der Waals surface area contributed by atoms with E-state index in [1.165, 1.54) is 17.0 Å². The molecule has 1 atom stereocenters. The van der Waals surface area contributed by atoms with Crippen LogP contribution in [0.1, 0.15) is 37.0 Å². The van der Waals surface area contributed by atoms with Gasteiger partial charge in [0.1, 0.15) is 12.6 Å². The maximum absolute atomic E-state index is 14.0. The van der Waals surface area contributed by atoms with Crippen LogP contribution in [-0.4, -0.2) is 44.3 Å². The fraction of sp³-hybridized carbons (Fsp3) is 0.310. The van der Waals surface area contributed by atoms with E-state index in [0.717, 1.165) is 9.87 Å². The summed E-state index contributed by atoms with van der Waals surface area (Å²) in [7, 11) is -4.12. The van der Waals surface area contributed by atoms with Gasteiger partial charge in [0.05, 0.1) is 20.6 Å². The number of benzene rings is 3. The van der Waals surface area contributed by atoms with Gasteiger partial charge in [-0.05, 0) is 74.2 Å². The summed E-state index contributed by atoms with van der Waals surface area (Å²) in [6, 6.07) is 17.6. The zero-order valence-corrected chi connectivity index (χ0v) is 24.8. The first kappa shape index (κ1) is 30.5. The van der Waals surface area contributed by atoms with Crippen LogP contribution in [0.15, 0.2) is 71.6 Å². The molecule has 0 aliphatic rings. The Hall–Kier alpha value is -3.07. The molecule has 0 spiro atoms. The molecule has 0 bridgehead atoms. The highest BCUT2D eigenvalue weighted by molar-refractivity contribution is 7.92. The largest absolute Gasteiger partial charge is 0.355 e. The summed E-state index contributed by atoms with van der Waals surface area (Å²) < 4.78 is 29.0. The summed E-state index contributed by atoms with van der Waals surface area (Å²) in [6.07, 6.45) is 0.327. The Balaban J connectivity index is 2.10. The molecule has 0 aromatic heterocycles. The molecule has 0 saturated heterocycles. The number of hydrogen-bond acceptors (Lipinski definition) is 4. The van der Waals surface area contributed by atoms with Gasteiger partial charge in [0.15, 0.2) is 0 Å². The Morgan fingerprint density at radius 1 is 0.923 bits per heavy atom.